The first kappa shape index (κ1) is 16.7. The number of amides is 1. The number of rotatable bonds is 4. The number of hydrogen-bond donors (Lipinski definition) is 1. The number of aromatic nitrogens is 3. The van der Waals surface area contributed by atoms with Crippen molar-refractivity contribution in [3.05, 3.63) is 84.2 Å². The molecule has 0 aliphatic carbocycles. The number of hydrogen-bond acceptors (Lipinski definition) is 3. The Hall–Kier alpha value is -2.74. The summed E-state index contributed by atoms with van der Waals surface area (Å²) in [7, 11) is 0. The second-order valence-electron chi connectivity index (χ2n) is 5.85. The van der Waals surface area contributed by atoms with Crippen LogP contribution in [0.5, 0.6) is 0 Å². The molecule has 26 heavy (non-hydrogen) atoms. The van der Waals surface area contributed by atoms with Gasteiger partial charge in [-0.2, -0.15) is 5.10 Å². The fourth-order valence-corrected chi connectivity index (χ4v) is 3.55. The molecule has 0 spiro atoms. The number of H-pyrrole nitrogens is 1. The molecule has 2 heterocycles. The summed E-state index contributed by atoms with van der Waals surface area (Å²) >= 11 is 2.07. The van der Waals surface area contributed by atoms with E-state index in [1.54, 1.807) is 15.5 Å². The topological polar surface area (TPSA) is 61.9 Å². The van der Waals surface area contributed by atoms with Crippen LogP contribution in [0.4, 0.5) is 0 Å². The number of carbonyl (C=O) groups is 1. The van der Waals surface area contributed by atoms with Crippen LogP contribution >= 0.6 is 22.9 Å². The van der Waals surface area contributed by atoms with Gasteiger partial charge < -0.3 is 0 Å². The first-order chi connectivity index (χ1) is 12.7. The number of fused-ring (bicyclic) bond motifs is 1. The van der Waals surface area contributed by atoms with E-state index in [0.29, 0.717) is 12.1 Å². The van der Waals surface area contributed by atoms with Crippen LogP contribution in [0.25, 0.3) is 22.2 Å². The second-order valence-corrected chi connectivity index (χ2v) is 7.01. The van der Waals surface area contributed by atoms with Gasteiger partial charge >= 0.3 is 0 Å². The van der Waals surface area contributed by atoms with Crippen molar-refractivity contribution in [2.75, 3.05) is 0 Å². The van der Waals surface area contributed by atoms with E-state index in [9.17, 15) is 4.79 Å². The monoisotopic (exact) mass is 454 g/mol. The molecule has 0 saturated heterocycles. The Morgan fingerprint density at radius 2 is 1.77 bits per heavy atom. The molecule has 0 saturated carbocycles. The lowest BCUT2D eigenvalue weighted by molar-refractivity contribution is 0.0885. The van der Waals surface area contributed by atoms with Crippen LogP contribution in [0, 0.1) is 0 Å². The summed E-state index contributed by atoms with van der Waals surface area (Å²) in [5, 5.41) is 8.38. The van der Waals surface area contributed by atoms with Crippen LogP contribution in [0.3, 0.4) is 0 Å². The molecule has 5 nitrogen and oxygen atoms in total. The van der Waals surface area contributed by atoms with E-state index >= 15 is 0 Å². The standard InChI is InChI=1S/C20H15IN4O/c21-25(13-14-5-2-1-3-6-14)20(26)17-8-4-7-16-18(23-24-19(16)17)15-9-11-22-12-10-15/h1-12H,13H2,(H,23,24). The lowest BCUT2D eigenvalue weighted by atomic mass is 10.1. The Kier molecular flexibility index (Phi) is 4.66. The number of nitrogens with zero attached hydrogens (tertiary/aromatic N) is 3. The predicted octanol–water partition coefficient (Wildman–Crippen LogP) is 4.62. The zero-order valence-electron chi connectivity index (χ0n) is 13.8. The number of para-hydroxylation sites is 1. The lowest BCUT2D eigenvalue weighted by Crippen LogP contribution is -2.20. The molecule has 128 valence electrons. The number of nitrogens with one attached hydrogen (secondary N) is 1. The Bertz CT molecular complexity index is 1050. The molecule has 2 aromatic carbocycles. The van der Waals surface area contributed by atoms with Gasteiger partial charge in [0.2, 0.25) is 0 Å². The highest BCUT2D eigenvalue weighted by molar-refractivity contribution is 14.1. The van der Waals surface area contributed by atoms with Gasteiger partial charge in [-0.3, -0.25) is 18.0 Å². The highest BCUT2D eigenvalue weighted by Gasteiger charge is 2.19. The predicted molar refractivity (Wildman–Crippen MR) is 110 cm³/mol. The van der Waals surface area contributed by atoms with Gasteiger partial charge in [0.25, 0.3) is 5.91 Å². The minimum absolute atomic E-state index is 0.0509. The third-order valence-corrected chi connectivity index (χ3v) is 4.95. The molecule has 0 bridgehead atoms. The van der Waals surface area contributed by atoms with Crippen molar-refractivity contribution < 1.29 is 4.79 Å². The highest BCUT2D eigenvalue weighted by atomic mass is 127. The van der Waals surface area contributed by atoms with Gasteiger partial charge in [-0.15, -0.1) is 0 Å². The van der Waals surface area contributed by atoms with E-state index in [4.69, 9.17) is 0 Å². The van der Waals surface area contributed by atoms with Gasteiger partial charge in [0.1, 0.15) is 5.69 Å². The molecule has 0 aliphatic heterocycles. The first-order valence-electron chi connectivity index (χ1n) is 8.13. The fourth-order valence-electron chi connectivity index (χ4n) is 2.90. The number of aromatic amines is 1. The van der Waals surface area contributed by atoms with Crippen molar-refractivity contribution in [2.45, 2.75) is 6.54 Å². The van der Waals surface area contributed by atoms with E-state index in [1.807, 2.05) is 60.7 Å². The van der Waals surface area contributed by atoms with Crippen molar-refractivity contribution in [1.82, 2.24) is 18.3 Å². The zero-order valence-corrected chi connectivity index (χ0v) is 15.9. The molecule has 1 amide bonds. The normalized spacial score (nSPS) is 10.8. The molecule has 4 aromatic rings. The number of benzene rings is 2. The third kappa shape index (κ3) is 3.20. The SMILES string of the molecule is O=C(c1cccc2c(-c3ccncc3)n[nH]c12)N(I)Cc1ccccc1. The lowest BCUT2D eigenvalue weighted by Gasteiger charge is -2.15. The second kappa shape index (κ2) is 7.25. The summed E-state index contributed by atoms with van der Waals surface area (Å²) in [4.78, 5) is 17.0. The fraction of sp³-hybridized carbons (Fsp3) is 0.0500. The third-order valence-electron chi connectivity index (χ3n) is 4.17. The van der Waals surface area contributed by atoms with Crippen molar-refractivity contribution in [1.29, 1.82) is 0 Å². The van der Waals surface area contributed by atoms with Crippen LogP contribution in [-0.4, -0.2) is 24.2 Å². The largest absolute Gasteiger partial charge is 0.276 e. The highest BCUT2D eigenvalue weighted by Crippen LogP contribution is 2.29. The van der Waals surface area contributed by atoms with Gasteiger partial charge in [-0.05, 0) is 23.8 Å². The van der Waals surface area contributed by atoms with Gasteiger partial charge in [-0.25, -0.2) is 0 Å². The maximum atomic E-state index is 13.0. The van der Waals surface area contributed by atoms with E-state index in [-0.39, 0.29) is 5.91 Å². The minimum Gasteiger partial charge on any atom is -0.276 e. The van der Waals surface area contributed by atoms with E-state index in [2.05, 4.69) is 38.0 Å². The maximum absolute atomic E-state index is 13.0. The smallest absolute Gasteiger partial charge is 0.265 e. The quantitative estimate of drug-likeness (QED) is 0.362. The average molecular weight is 454 g/mol. The Balaban J connectivity index is 1.69. The van der Waals surface area contributed by atoms with Crippen LogP contribution < -0.4 is 0 Å². The van der Waals surface area contributed by atoms with Crippen molar-refractivity contribution >= 4 is 39.7 Å². The molecular weight excluding hydrogens is 439 g/mol. The molecule has 0 fully saturated rings. The first-order valence-corrected chi connectivity index (χ1v) is 9.09. The Morgan fingerprint density at radius 3 is 2.54 bits per heavy atom. The molecule has 6 heteroatoms. The van der Waals surface area contributed by atoms with Crippen molar-refractivity contribution in [3.8, 4) is 11.3 Å². The summed E-state index contributed by atoms with van der Waals surface area (Å²) in [6, 6.07) is 19.4. The molecule has 0 aliphatic rings. The molecule has 0 radical (unpaired) electrons. The zero-order chi connectivity index (χ0) is 17.9. The number of halogens is 1. The Morgan fingerprint density at radius 1 is 1.00 bits per heavy atom. The number of carbonyl (C=O) groups excluding carboxylic acids is 1. The van der Waals surface area contributed by atoms with E-state index in [1.165, 1.54) is 0 Å². The summed E-state index contributed by atoms with van der Waals surface area (Å²) in [6.45, 7) is 0.544. The molecule has 1 N–H and O–H groups in total. The van der Waals surface area contributed by atoms with Crippen molar-refractivity contribution in [3.63, 3.8) is 0 Å². The van der Waals surface area contributed by atoms with Crippen LogP contribution in [0.15, 0.2) is 73.1 Å². The molecule has 0 atom stereocenters. The van der Waals surface area contributed by atoms with Crippen molar-refractivity contribution in [2.24, 2.45) is 0 Å². The summed E-state index contributed by atoms with van der Waals surface area (Å²) in [6.07, 6.45) is 3.47. The summed E-state index contributed by atoms with van der Waals surface area (Å²) in [5.41, 5.74) is 4.23. The van der Waals surface area contributed by atoms with Gasteiger partial charge in [0, 0.05) is 23.3 Å². The molecule has 4 rings (SSSR count). The number of pyridine rings is 1. The van der Waals surface area contributed by atoms with Gasteiger partial charge in [0.05, 0.1) is 40.5 Å². The van der Waals surface area contributed by atoms with E-state index < -0.39 is 0 Å². The van der Waals surface area contributed by atoms with Crippen LogP contribution in [0.1, 0.15) is 15.9 Å². The Labute approximate surface area is 164 Å². The summed E-state index contributed by atoms with van der Waals surface area (Å²) < 4.78 is 1.69. The van der Waals surface area contributed by atoms with Crippen LogP contribution in [0.2, 0.25) is 0 Å². The van der Waals surface area contributed by atoms with E-state index in [0.717, 1.165) is 27.7 Å². The van der Waals surface area contributed by atoms with Gasteiger partial charge in [0.15, 0.2) is 0 Å². The minimum atomic E-state index is -0.0509. The molecule has 2 aromatic heterocycles. The average Bonchev–Trinajstić information content (AvgIpc) is 3.13. The molecular formula is C20H15IN4O. The molecule has 0 unspecified atom stereocenters. The van der Waals surface area contributed by atoms with Gasteiger partial charge in [-0.1, -0.05) is 42.5 Å². The summed E-state index contributed by atoms with van der Waals surface area (Å²) in [5.74, 6) is -0.0509. The maximum Gasteiger partial charge on any atom is 0.265 e. The van der Waals surface area contributed by atoms with Crippen LogP contribution in [-0.2, 0) is 6.54 Å².